The van der Waals surface area contributed by atoms with E-state index in [0.29, 0.717) is 0 Å². The van der Waals surface area contributed by atoms with Gasteiger partial charge in [-0.3, -0.25) is 0 Å². The van der Waals surface area contributed by atoms with Gasteiger partial charge >= 0.3 is 0 Å². The molecule has 112 valence electrons. The van der Waals surface area contributed by atoms with Gasteiger partial charge in [0.1, 0.15) is 5.75 Å². The van der Waals surface area contributed by atoms with Gasteiger partial charge in [-0.2, -0.15) is 0 Å². The fourth-order valence-electron chi connectivity index (χ4n) is 2.45. The molecule has 2 nitrogen and oxygen atoms in total. The van der Waals surface area contributed by atoms with Crippen LogP contribution in [0.1, 0.15) is 29.7 Å². The topological polar surface area (TPSA) is 21.3 Å². The molecule has 21 heavy (non-hydrogen) atoms. The highest BCUT2D eigenvalue weighted by Gasteiger charge is 2.16. The second-order valence-electron chi connectivity index (χ2n) is 4.92. The molecule has 0 aliphatic rings. The predicted molar refractivity (Wildman–Crippen MR) is 92.4 cm³/mol. The molecular formula is C17H19BrClNO. The lowest BCUT2D eigenvalue weighted by Gasteiger charge is -2.22. The van der Waals surface area contributed by atoms with Gasteiger partial charge < -0.3 is 10.1 Å². The molecule has 0 aliphatic heterocycles. The van der Waals surface area contributed by atoms with Crippen LogP contribution >= 0.6 is 27.5 Å². The molecule has 0 heterocycles. The Morgan fingerprint density at radius 2 is 2.00 bits per heavy atom. The monoisotopic (exact) mass is 367 g/mol. The van der Waals surface area contributed by atoms with Crippen LogP contribution in [-0.4, -0.2) is 13.7 Å². The zero-order valence-corrected chi connectivity index (χ0v) is 14.8. The molecular weight excluding hydrogens is 350 g/mol. The Kier molecular flexibility index (Phi) is 5.68. The van der Waals surface area contributed by atoms with E-state index in [0.717, 1.165) is 27.4 Å². The summed E-state index contributed by atoms with van der Waals surface area (Å²) in [6.07, 6.45) is 0. The van der Waals surface area contributed by atoms with E-state index in [1.54, 1.807) is 7.11 Å². The van der Waals surface area contributed by atoms with Crippen molar-refractivity contribution in [3.05, 3.63) is 62.6 Å². The van der Waals surface area contributed by atoms with Gasteiger partial charge in [-0.25, -0.2) is 0 Å². The molecule has 2 aromatic carbocycles. The van der Waals surface area contributed by atoms with E-state index in [9.17, 15) is 0 Å². The zero-order valence-electron chi connectivity index (χ0n) is 12.4. The smallest absolute Gasteiger partial charge is 0.119 e. The molecule has 2 aromatic rings. The van der Waals surface area contributed by atoms with E-state index in [-0.39, 0.29) is 6.04 Å². The molecule has 0 aliphatic carbocycles. The standard InChI is InChI=1S/C17H19BrClNO/c1-4-20-17(12-8-13(18)10-14(19)9-12)16-6-5-15(21-3)7-11(16)2/h5-10,17,20H,4H2,1-3H3. The van der Waals surface area contributed by atoms with Crippen molar-refractivity contribution in [3.63, 3.8) is 0 Å². The van der Waals surface area contributed by atoms with Gasteiger partial charge in [0, 0.05) is 9.50 Å². The lowest BCUT2D eigenvalue weighted by atomic mass is 9.94. The number of aryl methyl sites for hydroxylation is 1. The van der Waals surface area contributed by atoms with Crippen molar-refractivity contribution >= 4 is 27.5 Å². The molecule has 1 N–H and O–H groups in total. The summed E-state index contributed by atoms with van der Waals surface area (Å²) in [7, 11) is 1.68. The molecule has 0 radical (unpaired) electrons. The lowest BCUT2D eigenvalue weighted by Crippen LogP contribution is -2.22. The minimum Gasteiger partial charge on any atom is -0.497 e. The van der Waals surface area contributed by atoms with Crippen LogP contribution < -0.4 is 10.1 Å². The Bertz CT molecular complexity index is 610. The summed E-state index contributed by atoms with van der Waals surface area (Å²) >= 11 is 9.71. The van der Waals surface area contributed by atoms with Crippen LogP contribution in [0.3, 0.4) is 0 Å². The lowest BCUT2D eigenvalue weighted by molar-refractivity contribution is 0.414. The summed E-state index contributed by atoms with van der Waals surface area (Å²) in [6.45, 7) is 5.08. The molecule has 0 saturated heterocycles. The fourth-order valence-corrected chi connectivity index (χ4v) is 3.34. The fraction of sp³-hybridized carbons (Fsp3) is 0.294. The number of ether oxygens (including phenoxy) is 1. The first-order valence-electron chi connectivity index (χ1n) is 6.89. The molecule has 0 fully saturated rings. The van der Waals surface area contributed by atoms with Gasteiger partial charge in [-0.05, 0) is 60.5 Å². The van der Waals surface area contributed by atoms with Crippen molar-refractivity contribution < 1.29 is 4.74 Å². The Hall–Kier alpha value is -1.03. The van der Waals surface area contributed by atoms with E-state index in [2.05, 4.69) is 53.3 Å². The third-order valence-corrected chi connectivity index (χ3v) is 4.09. The van der Waals surface area contributed by atoms with E-state index in [1.807, 2.05) is 18.2 Å². The number of hydrogen-bond donors (Lipinski definition) is 1. The van der Waals surface area contributed by atoms with Crippen LogP contribution in [-0.2, 0) is 0 Å². The summed E-state index contributed by atoms with van der Waals surface area (Å²) in [4.78, 5) is 0. The maximum absolute atomic E-state index is 6.19. The maximum Gasteiger partial charge on any atom is 0.119 e. The second kappa shape index (κ2) is 7.30. The van der Waals surface area contributed by atoms with Crippen LogP contribution in [0, 0.1) is 6.92 Å². The molecule has 1 atom stereocenters. The molecule has 0 amide bonds. The van der Waals surface area contributed by atoms with Crippen LogP contribution in [0.25, 0.3) is 0 Å². The first-order chi connectivity index (χ1) is 10.0. The van der Waals surface area contributed by atoms with Gasteiger partial charge in [-0.15, -0.1) is 0 Å². The van der Waals surface area contributed by atoms with E-state index in [1.165, 1.54) is 11.1 Å². The Balaban J connectivity index is 2.47. The molecule has 0 spiro atoms. The molecule has 1 unspecified atom stereocenters. The minimum atomic E-state index is 0.107. The highest BCUT2D eigenvalue weighted by atomic mass is 79.9. The average molecular weight is 369 g/mol. The van der Waals surface area contributed by atoms with Gasteiger partial charge in [-0.1, -0.05) is 40.5 Å². The first-order valence-corrected chi connectivity index (χ1v) is 8.06. The largest absolute Gasteiger partial charge is 0.497 e. The number of benzene rings is 2. The molecule has 4 heteroatoms. The van der Waals surface area contributed by atoms with Crippen LogP contribution in [0.2, 0.25) is 5.02 Å². The van der Waals surface area contributed by atoms with Crippen LogP contribution in [0.4, 0.5) is 0 Å². The quantitative estimate of drug-likeness (QED) is 0.791. The number of rotatable bonds is 5. The normalized spacial score (nSPS) is 12.2. The summed E-state index contributed by atoms with van der Waals surface area (Å²) < 4.78 is 6.27. The number of halogens is 2. The zero-order chi connectivity index (χ0) is 15.4. The maximum atomic E-state index is 6.19. The second-order valence-corrected chi connectivity index (χ2v) is 6.27. The summed E-state index contributed by atoms with van der Waals surface area (Å²) in [5.41, 5.74) is 3.56. The van der Waals surface area contributed by atoms with E-state index >= 15 is 0 Å². The molecule has 0 saturated carbocycles. The number of nitrogens with one attached hydrogen (secondary N) is 1. The van der Waals surface area contributed by atoms with Crippen LogP contribution in [0.15, 0.2) is 40.9 Å². The van der Waals surface area contributed by atoms with Crippen molar-refractivity contribution in [3.8, 4) is 5.75 Å². The number of hydrogen-bond acceptors (Lipinski definition) is 2. The van der Waals surface area contributed by atoms with Crippen molar-refractivity contribution in [1.82, 2.24) is 5.32 Å². The minimum absolute atomic E-state index is 0.107. The highest BCUT2D eigenvalue weighted by molar-refractivity contribution is 9.10. The first kappa shape index (κ1) is 16.3. The summed E-state index contributed by atoms with van der Waals surface area (Å²) in [6, 6.07) is 12.3. The van der Waals surface area contributed by atoms with Crippen molar-refractivity contribution in [2.75, 3.05) is 13.7 Å². The Labute approximate surface area is 139 Å². The summed E-state index contributed by atoms with van der Waals surface area (Å²) in [5, 5.41) is 4.26. The third-order valence-electron chi connectivity index (χ3n) is 3.41. The number of methoxy groups -OCH3 is 1. The SMILES string of the molecule is CCNC(c1cc(Cl)cc(Br)c1)c1ccc(OC)cc1C. The summed E-state index contributed by atoms with van der Waals surface area (Å²) in [5.74, 6) is 0.874. The van der Waals surface area contributed by atoms with Crippen molar-refractivity contribution in [1.29, 1.82) is 0 Å². The molecule has 2 rings (SSSR count). The van der Waals surface area contributed by atoms with Crippen molar-refractivity contribution in [2.24, 2.45) is 0 Å². The predicted octanol–water partition coefficient (Wildman–Crippen LogP) is 5.12. The van der Waals surface area contributed by atoms with Crippen LogP contribution in [0.5, 0.6) is 5.75 Å². The van der Waals surface area contributed by atoms with E-state index < -0.39 is 0 Å². The van der Waals surface area contributed by atoms with Gasteiger partial charge in [0.05, 0.1) is 13.2 Å². The van der Waals surface area contributed by atoms with Gasteiger partial charge in [0.15, 0.2) is 0 Å². The van der Waals surface area contributed by atoms with E-state index in [4.69, 9.17) is 16.3 Å². The van der Waals surface area contributed by atoms with Gasteiger partial charge in [0.2, 0.25) is 0 Å². The Morgan fingerprint density at radius 1 is 1.24 bits per heavy atom. The Morgan fingerprint density at radius 3 is 2.57 bits per heavy atom. The highest BCUT2D eigenvalue weighted by Crippen LogP contribution is 2.31. The molecule has 0 bridgehead atoms. The molecule has 0 aromatic heterocycles. The average Bonchev–Trinajstić information content (AvgIpc) is 2.44. The third kappa shape index (κ3) is 4.00. The van der Waals surface area contributed by atoms with Crippen molar-refractivity contribution in [2.45, 2.75) is 19.9 Å². The van der Waals surface area contributed by atoms with Gasteiger partial charge in [0.25, 0.3) is 0 Å².